The van der Waals surface area contributed by atoms with Crippen molar-refractivity contribution in [3.63, 3.8) is 0 Å². The predicted molar refractivity (Wildman–Crippen MR) is 65.6 cm³/mol. The van der Waals surface area contributed by atoms with Crippen LogP contribution in [0.2, 0.25) is 0 Å². The molecular weight excluding hydrogens is 212 g/mol. The largest absolute Gasteiger partial charge is 0.293 e. The highest BCUT2D eigenvalue weighted by atomic mass is 32.2. The number of hydrogen-bond acceptors (Lipinski definition) is 3. The van der Waals surface area contributed by atoms with E-state index in [4.69, 9.17) is 0 Å². The van der Waals surface area contributed by atoms with Gasteiger partial charge in [-0.05, 0) is 24.1 Å². The first kappa shape index (κ1) is 11.7. The van der Waals surface area contributed by atoms with Gasteiger partial charge < -0.3 is 0 Å². The van der Waals surface area contributed by atoms with Crippen molar-refractivity contribution in [3.8, 4) is 0 Å². The van der Waals surface area contributed by atoms with Crippen molar-refractivity contribution in [1.29, 1.82) is 0 Å². The second kappa shape index (κ2) is 6.14. The van der Waals surface area contributed by atoms with Crippen LogP contribution in [0.3, 0.4) is 0 Å². The second-order valence-electron chi connectivity index (χ2n) is 2.81. The molecule has 0 aliphatic heterocycles. The van der Waals surface area contributed by atoms with Gasteiger partial charge in [0.05, 0.1) is 5.75 Å². The number of carbonyl (C=O) groups is 1. The molecule has 1 aromatic rings. The highest BCUT2D eigenvalue weighted by Crippen LogP contribution is 2.18. The number of rotatable bonds is 5. The molecule has 0 amide bonds. The van der Waals surface area contributed by atoms with Gasteiger partial charge in [0.25, 0.3) is 0 Å². The van der Waals surface area contributed by atoms with E-state index < -0.39 is 0 Å². The molecule has 0 bridgehead atoms. The van der Waals surface area contributed by atoms with Crippen LogP contribution in [0.15, 0.2) is 29.2 Å². The SMILES string of the molecule is CCSc1ccc(C(=O)CSC)cc1. The Morgan fingerprint density at radius 3 is 2.43 bits per heavy atom. The maximum Gasteiger partial charge on any atom is 0.172 e. The van der Waals surface area contributed by atoms with Crippen molar-refractivity contribution in [2.75, 3.05) is 17.8 Å². The summed E-state index contributed by atoms with van der Waals surface area (Å²) in [7, 11) is 0. The standard InChI is InChI=1S/C11H14OS2/c1-3-14-10-6-4-9(5-7-10)11(12)8-13-2/h4-7H,3,8H2,1-2H3. The molecule has 0 heterocycles. The molecule has 0 N–H and O–H groups in total. The third-order valence-electron chi connectivity index (χ3n) is 1.76. The summed E-state index contributed by atoms with van der Waals surface area (Å²) in [5, 5.41) is 0. The minimum atomic E-state index is 0.213. The number of benzene rings is 1. The maximum absolute atomic E-state index is 11.5. The molecule has 0 fully saturated rings. The monoisotopic (exact) mass is 226 g/mol. The van der Waals surface area contributed by atoms with E-state index in [1.54, 1.807) is 23.5 Å². The van der Waals surface area contributed by atoms with Crippen LogP contribution in [0.5, 0.6) is 0 Å². The molecule has 0 unspecified atom stereocenters. The lowest BCUT2D eigenvalue weighted by Crippen LogP contribution is -2.01. The van der Waals surface area contributed by atoms with Crippen LogP contribution in [-0.4, -0.2) is 23.5 Å². The van der Waals surface area contributed by atoms with Crippen LogP contribution in [0.1, 0.15) is 17.3 Å². The van der Waals surface area contributed by atoms with E-state index in [2.05, 4.69) is 6.92 Å². The fraction of sp³-hybridized carbons (Fsp3) is 0.364. The average molecular weight is 226 g/mol. The number of ketones is 1. The summed E-state index contributed by atoms with van der Waals surface area (Å²) in [4.78, 5) is 12.7. The van der Waals surface area contributed by atoms with Gasteiger partial charge in [-0.15, -0.1) is 11.8 Å². The van der Waals surface area contributed by atoms with Crippen LogP contribution in [-0.2, 0) is 0 Å². The zero-order valence-electron chi connectivity index (χ0n) is 8.45. The van der Waals surface area contributed by atoms with Crippen molar-refractivity contribution >= 4 is 29.3 Å². The van der Waals surface area contributed by atoms with Gasteiger partial charge in [0, 0.05) is 10.5 Å². The zero-order valence-corrected chi connectivity index (χ0v) is 10.1. The molecule has 76 valence electrons. The van der Waals surface area contributed by atoms with Gasteiger partial charge in [-0.3, -0.25) is 4.79 Å². The molecule has 14 heavy (non-hydrogen) atoms. The average Bonchev–Trinajstić information content (AvgIpc) is 2.20. The summed E-state index contributed by atoms with van der Waals surface area (Å²) in [5.41, 5.74) is 0.819. The fourth-order valence-electron chi connectivity index (χ4n) is 1.12. The third kappa shape index (κ3) is 3.39. The van der Waals surface area contributed by atoms with Crippen LogP contribution >= 0.6 is 23.5 Å². The molecule has 1 rings (SSSR count). The van der Waals surface area contributed by atoms with Gasteiger partial charge in [-0.1, -0.05) is 19.1 Å². The van der Waals surface area contributed by atoms with E-state index >= 15 is 0 Å². The topological polar surface area (TPSA) is 17.1 Å². The molecule has 0 radical (unpaired) electrons. The molecular formula is C11H14OS2. The Balaban J connectivity index is 2.67. The van der Waals surface area contributed by atoms with Gasteiger partial charge in [0.1, 0.15) is 0 Å². The van der Waals surface area contributed by atoms with Crippen LogP contribution in [0.25, 0.3) is 0 Å². The number of hydrogen-bond donors (Lipinski definition) is 0. The van der Waals surface area contributed by atoms with Crippen molar-refractivity contribution < 1.29 is 4.79 Å². The van der Waals surface area contributed by atoms with E-state index in [0.29, 0.717) is 5.75 Å². The first-order valence-electron chi connectivity index (χ1n) is 4.53. The quantitative estimate of drug-likeness (QED) is 0.566. The van der Waals surface area contributed by atoms with Gasteiger partial charge >= 0.3 is 0 Å². The molecule has 0 aliphatic carbocycles. The predicted octanol–water partition coefficient (Wildman–Crippen LogP) is 3.34. The normalized spacial score (nSPS) is 10.1. The highest BCUT2D eigenvalue weighted by Gasteiger charge is 2.03. The van der Waals surface area contributed by atoms with Crippen molar-refractivity contribution in [3.05, 3.63) is 29.8 Å². The molecule has 0 atom stereocenters. The Labute approximate surface area is 93.7 Å². The van der Waals surface area contributed by atoms with Gasteiger partial charge in [0.15, 0.2) is 5.78 Å². The molecule has 3 heteroatoms. The first-order chi connectivity index (χ1) is 6.77. The number of Topliss-reactive ketones (excluding diaryl/α,β-unsaturated/α-hetero) is 1. The Hall–Kier alpha value is -0.410. The zero-order chi connectivity index (χ0) is 10.4. The van der Waals surface area contributed by atoms with Crippen molar-refractivity contribution in [2.45, 2.75) is 11.8 Å². The lowest BCUT2D eigenvalue weighted by molar-refractivity contribution is 0.102. The lowest BCUT2D eigenvalue weighted by Gasteiger charge is -2.01. The first-order valence-corrected chi connectivity index (χ1v) is 6.91. The summed E-state index contributed by atoms with van der Waals surface area (Å²) in [6.07, 6.45) is 1.94. The Bertz CT molecular complexity index is 293. The summed E-state index contributed by atoms with van der Waals surface area (Å²) in [6, 6.07) is 7.86. The Morgan fingerprint density at radius 1 is 1.29 bits per heavy atom. The van der Waals surface area contributed by atoms with E-state index in [0.717, 1.165) is 11.3 Å². The summed E-state index contributed by atoms with van der Waals surface area (Å²) in [6.45, 7) is 2.12. The van der Waals surface area contributed by atoms with Crippen LogP contribution in [0, 0.1) is 0 Å². The molecule has 1 nitrogen and oxygen atoms in total. The second-order valence-corrected chi connectivity index (χ2v) is 5.02. The smallest absolute Gasteiger partial charge is 0.172 e. The van der Waals surface area contributed by atoms with Crippen molar-refractivity contribution in [1.82, 2.24) is 0 Å². The van der Waals surface area contributed by atoms with E-state index in [1.165, 1.54) is 4.90 Å². The lowest BCUT2D eigenvalue weighted by atomic mass is 10.1. The van der Waals surface area contributed by atoms with E-state index in [-0.39, 0.29) is 5.78 Å². The Kier molecular flexibility index (Phi) is 5.12. The van der Waals surface area contributed by atoms with E-state index in [1.807, 2.05) is 30.5 Å². The fourth-order valence-corrected chi connectivity index (χ4v) is 2.21. The summed E-state index contributed by atoms with van der Waals surface area (Å²) >= 11 is 3.36. The van der Waals surface area contributed by atoms with Crippen molar-refractivity contribution in [2.24, 2.45) is 0 Å². The van der Waals surface area contributed by atoms with Gasteiger partial charge in [0.2, 0.25) is 0 Å². The van der Waals surface area contributed by atoms with E-state index in [9.17, 15) is 4.79 Å². The van der Waals surface area contributed by atoms with Gasteiger partial charge in [-0.25, -0.2) is 0 Å². The number of thioether (sulfide) groups is 2. The van der Waals surface area contributed by atoms with Gasteiger partial charge in [-0.2, -0.15) is 11.8 Å². The minimum absolute atomic E-state index is 0.213. The third-order valence-corrected chi connectivity index (χ3v) is 3.21. The molecule has 0 aliphatic rings. The minimum Gasteiger partial charge on any atom is -0.293 e. The number of carbonyl (C=O) groups excluding carboxylic acids is 1. The molecule has 1 aromatic carbocycles. The molecule has 0 spiro atoms. The summed E-state index contributed by atoms with van der Waals surface area (Å²) < 4.78 is 0. The van der Waals surface area contributed by atoms with Crippen LogP contribution < -0.4 is 0 Å². The summed E-state index contributed by atoms with van der Waals surface area (Å²) in [5.74, 6) is 1.85. The molecule has 0 saturated carbocycles. The maximum atomic E-state index is 11.5. The molecule has 0 saturated heterocycles. The highest BCUT2D eigenvalue weighted by molar-refractivity contribution is 7.99. The Morgan fingerprint density at radius 2 is 1.93 bits per heavy atom. The van der Waals surface area contributed by atoms with Crippen LogP contribution in [0.4, 0.5) is 0 Å². The molecule has 0 aromatic heterocycles.